The van der Waals surface area contributed by atoms with Gasteiger partial charge in [-0.3, -0.25) is 14.5 Å². The fraction of sp³-hybridized carbons (Fsp3) is 0.500. The first-order valence-corrected chi connectivity index (χ1v) is 9.66. The van der Waals surface area contributed by atoms with Crippen molar-refractivity contribution in [3.8, 4) is 12.5 Å². The Balaban J connectivity index is 3.23. The maximum atomic E-state index is 13.1. The minimum atomic E-state index is -1.38. The molecule has 30 heavy (non-hydrogen) atoms. The Hall–Kier alpha value is -3.05. The highest BCUT2D eigenvalue weighted by atomic mass is 16.6. The van der Waals surface area contributed by atoms with Gasteiger partial charge in [0.15, 0.2) is 0 Å². The third-order valence-electron chi connectivity index (χ3n) is 3.88. The van der Waals surface area contributed by atoms with Crippen LogP contribution in [0.25, 0.3) is 0 Å². The number of carbonyl (C=O) groups is 3. The predicted octanol–water partition coefficient (Wildman–Crippen LogP) is 1.87. The molecule has 0 aliphatic rings. The van der Waals surface area contributed by atoms with Gasteiger partial charge >= 0.3 is 6.09 Å². The van der Waals surface area contributed by atoms with E-state index < -0.39 is 42.2 Å². The minimum Gasteiger partial charge on any atom is -0.444 e. The molecule has 8 heteroatoms. The molecule has 3 N–H and O–H groups in total. The summed E-state index contributed by atoms with van der Waals surface area (Å²) >= 11 is 0. The van der Waals surface area contributed by atoms with Crippen LogP contribution in [-0.2, 0) is 14.3 Å². The van der Waals surface area contributed by atoms with Gasteiger partial charge in [0.25, 0.3) is 5.91 Å². The molecule has 1 aromatic rings. The van der Waals surface area contributed by atoms with Gasteiger partial charge in [-0.05, 0) is 47.1 Å². The molecule has 0 fully saturated rings. The minimum absolute atomic E-state index is 0.186. The van der Waals surface area contributed by atoms with Crippen molar-refractivity contribution in [1.29, 1.82) is 0 Å². The fourth-order valence-corrected chi connectivity index (χ4v) is 2.60. The van der Waals surface area contributed by atoms with E-state index in [-0.39, 0.29) is 6.04 Å². The van der Waals surface area contributed by atoms with Crippen molar-refractivity contribution in [2.24, 2.45) is 0 Å². The van der Waals surface area contributed by atoms with Gasteiger partial charge in [-0.1, -0.05) is 36.3 Å². The van der Waals surface area contributed by atoms with Crippen LogP contribution < -0.4 is 10.6 Å². The highest BCUT2D eigenvalue weighted by Gasteiger charge is 2.35. The number of benzene rings is 1. The Bertz CT molecular complexity index is 790. The number of terminal acetylenes is 1. The maximum absolute atomic E-state index is 13.1. The van der Waals surface area contributed by atoms with Gasteiger partial charge in [-0.15, -0.1) is 0 Å². The molecule has 0 heterocycles. The molecule has 2 unspecified atom stereocenters. The summed E-state index contributed by atoms with van der Waals surface area (Å²) in [5, 5.41) is 14.7. The van der Waals surface area contributed by atoms with Crippen LogP contribution in [0.5, 0.6) is 0 Å². The van der Waals surface area contributed by atoms with Crippen LogP contribution in [0.15, 0.2) is 24.3 Å². The van der Waals surface area contributed by atoms with Gasteiger partial charge in [-0.2, -0.15) is 0 Å². The van der Waals surface area contributed by atoms with Crippen LogP contribution in [0, 0.1) is 19.4 Å². The third kappa shape index (κ3) is 7.41. The molecule has 0 spiro atoms. The predicted molar refractivity (Wildman–Crippen MR) is 113 cm³/mol. The van der Waals surface area contributed by atoms with Crippen molar-refractivity contribution in [3.63, 3.8) is 0 Å². The monoisotopic (exact) mass is 417 g/mol. The van der Waals surface area contributed by atoms with E-state index in [1.807, 2.05) is 6.92 Å². The van der Waals surface area contributed by atoms with Crippen LogP contribution in [0.3, 0.4) is 0 Å². The average Bonchev–Trinajstić information content (AvgIpc) is 2.62. The molecule has 164 valence electrons. The van der Waals surface area contributed by atoms with Crippen molar-refractivity contribution >= 4 is 17.9 Å². The number of ether oxygens (including phenoxy) is 1. The van der Waals surface area contributed by atoms with E-state index in [0.717, 1.165) is 10.5 Å². The Morgan fingerprint density at radius 2 is 1.73 bits per heavy atom. The summed E-state index contributed by atoms with van der Waals surface area (Å²) < 4.78 is 5.13. The van der Waals surface area contributed by atoms with E-state index in [1.54, 1.807) is 58.9 Å². The van der Waals surface area contributed by atoms with E-state index in [9.17, 15) is 19.5 Å². The van der Waals surface area contributed by atoms with Crippen LogP contribution in [0.1, 0.15) is 51.8 Å². The van der Waals surface area contributed by atoms with E-state index in [0.29, 0.717) is 5.56 Å². The van der Waals surface area contributed by atoms with Gasteiger partial charge in [0.05, 0.1) is 6.61 Å². The summed E-state index contributed by atoms with van der Waals surface area (Å²) in [6.45, 7) is 9.74. The lowest BCUT2D eigenvalue weighted by Crippen LogP contribution is -2.53. The lowest BCUT2D eigenvalue weighted by atomic mass is 10.0. The summed E-state index contributed by atoms with van der Waals surface area (Å²) in [7, 11) is 0. The summed E-state index contributed by atoms with van der Waals surface area (Å²) in [5.41, 5.74) is 0.680. The molecule has 0 bridgehead atoms. The molecule has 1 aromatic carbocycles. The van der Waals surface area contributed by atoms with Gasteiger partial charge in [0.1, 0.15) is 17.7 Å². The molecule has 8 nitrogen and oxygen atoms in total. The Labute approximate surface area is 178 Å². The van der Waals surface area contributed by atoms with Gasteiger partial charge < -0.3 is 20.5 Å². The van der Waals surface area contributed by atoms with Gasteiger partial charge in [-0.25, -0.2) is 4.79 Å². The quantitative estimate of drug-likeness (QED) is 0.464. The molecule has 0 radical (unpaired) electrons. The number of aryl methyl sites for hydroxylation is 1. The van der Waals surface area contributed by atoms with E-state index in [1.165, 1.54) is 0 Å². The van der Waals surface area contributed by atoms with Gasteiger partial charge in [0.2, 0.25) is 5.91 Å². The lowest BCUT2D eigenvalue weighted by Gasteiger charge is -2.30. The number of nitrogens with zero attached hydrogens (tertiary/aromatic N) is 1. The van der Waals surface area contributed by atoms with Crippen molar-refractivity contribution in [1.82, 2.24) is 15.5 Å². The average molecular weight is 418 g/mol. The normalized spacial score (nSPS) is 13.0. The first kappa shape index (κ1) is 25.0. The first-order chi connectivity index (χ1) is 13.9. The second-order valence-corrected chi connectivity index (χ2v) is 8.20. The molecular weight excluding hydrogens is 386 g/mol. The van der Waals surface area contributed by atoms with Crippen LogP contribution >= 0.6 is 0 Å². The largest absolute Gasteiger partial charge is 0.444 e. The number of hydrogen-bond acceptors (Lipinski definition) is 5. The van der Waals surface area contributed by atoms with Crippen molar-refractivity contribution in [3.05, 3.63) is 35.4 Å². The number of aliphatic hydroxyl groups is 1. The van der Waals surface area contributed by atoms with E-state index >= 15 is 0 Å². The third-order valence-corrected chi connectivity index (χ3v) is 3.88. The number of alkyl carbamates (subject to hydrolysis) is 1. The second kappa shape index (κ2) is 10.6. The molecule has 2 atom stereocenters. The molecule has 3 amide bonds. The first-order valence-electron chi connectivity index (χ1n) is 9.66. The highest BCUT2D eigenvalue weighted by Crippen LogP contribution is 2.22. The van der Waals surface area contributed by atoms with Crippen molar-refractivity contribution in [2.45, 2.75) is 65.3 Å². The highest BCUT2D eigenvalue weighted by molar-refractivity contribution is 5.93. The maximum Gasteiger partial charge on any atom is 0.408 e. The number of nitrogens with one attached hydrogen (secondary N) is 2. The molecule has 0 saturated carbocycles. The summed E-state index contributed by atoms with van der Waals surface area (Å²) in [6.07, 6.45) is 4.70. The zero-order valence-corrected chi connectivity index (χ0v) is 18.4. The molecule has 1 rings (SSSR count). The van der Waals surface area contributed by atoms with Crippen molar-refractivity contribution in [2.75, 3.05) is 6.61 Å². The van der Waals surface area contributed by atoms with Crippen LogP contribution in [0.2, 0.25) is 0 Å². The number of hydrogen-bond donors (Lipinski definition) is 3. The number of amides is 3. The standard InChI is InChI=1S/C22H31N3O5/c1-8-25(20(28)17(13-26)24-21(29)30-22(5,6)7)18(19(27)23-14(2)3)16-11-9-15(4)10-12-16/h1,9-12,14,17-18,26H,13H2,2-7H3,(H,23,27)(H,24,29). The smallest absolute Gasteiger partial charge is 0.408 e. The van der Waals surface area contributed by atoms with E-state index in [2.05, 4.69) is 16.7 Å². The lowest BCUT2D eigenvalue weighted by molar-refractivity contribution is -0.139. The molecule has 0 aliphatic heterocycles. The number of rotatable bonds is 7. The Kier molecular flexibility index (Phi) is 8.87. The fourth-order valence-electron chi connectivity index (χ4n) is 2.60. The zero-order chi connectivity index (χ0) is 23.1. The summed E-state index contributed by atoms with van der Waals surface area (Å²) in [6, 6.07) is 6.52. The zero-order valence-electron chi connectivity index (χ0n) is 18.4. The number of aliphatic hydroxyl groups excluding tert-OH is 1. The van der Waals surface area contributed by atoms with E-state index in [4.69, 9.17) is 11.2 Å². The molecule has 0 saturated heterocycles. The van der Waals surface area contributed by atoms with Crippen LogP contribution in [-0.4, -0.2) is 52.2 Å². The number of carbonyl (C=O) groups excluding carboxylic acids is 3. The summed E-state index contributed by atoms with van der Waals surface area (Å²) in [5.74, 6) is -1.29. The molecule has 0 aliphatic carbocycles. The Morgan fingerprint density at radius 3 is 2.17 bits per heavy atom. The topological polar surface area (TPSA) is 108 Å². The van der Waals surface area contributed by atoms with Crippen molar-refractivity contribution < 1.29 is 24.2 Å². The molecular formula is C22H31N3O5. The Morgan fingerprint density at radius 1 is 1.17 bits per heavy atom. The van der Waals surface area contributed by atoms with Crippen LogP contribution in [0.4, 0.5) is 4.79 Å². The SMILES string of the molecule is C#CN(C(=O)C(CO)NC(=O)OC(C)(C)C)C(C(=O)NC(C)C)c1ccc(C)cc1. The summed E-state index contributed by atoms with van der Waals surface area (Å²) in [4.78, 5) is 38.9. The second-order valence-electron chi connectivity index (χ2n) is 8.20. The van der Waals surface area contributed by atoms with Gasteiger partial charge in [0, 0.05) is 12.1 Å². The molecule has 0 aromatic heterocycles.